The molecule has 6 nitrogen and oxygen atoms in total. The van der Waals surface area contributed by atoms with Crippen molar-refractivity contribution in [3.05, 3.63) is 0 Å². The van der Waals surface area contributed by atoms with E-state index in [1.54, 1.807) is 6.92 Å². The first kappa shape index (κ1) is 14.8. The number of aliphatic carboxylic acids is 1. The maximum Gasteiger partial charge on any atom is 0.329 e. The van der Waals surface area contributed by atoms with E-state index in [-0.39, 0.29) is 5.60 Å². The fourth-order valence-electron chi connectivity index (χ4n) is 1.83. The van der Waals surface area contributed by atoms with Crippen molar-refractivity contribution in [2.75, 3.05) is 13.2 Å². The first-order chi connectivity index (χ1) is 8.31. The highest BCUT2D eigenvalue weighted by atomic mass is 16.5. The minimum atomic E-state index is -1.23. The third-order valence-corrected chi connectivity index (χ3v) is 3.49. The van der Waals surface area contributed by atoms with Crippen LogP contribution in [0, 0.1) is 0 Å². The molecule has 2 amide bonds. The van der Waals surface area contributed by atoms with Gasteiger partial charge in [0.2, 0.25) is 0 Å². The van der Waals surface area contributed by atoms with Crippen LogP contribution in [0.2, 0.25) is 0 Å². The second-order valence-electron chi connectivity index (χ2n) is 5.20. The molecule has 1 aliphatic rings. The van der Waals surface area contributed by atoms with Crippen LogP contribution in [0.25, 0.3) is 0 Å². The monoisotopic (exact) mass is 258 g/mol. The predicted molar refractivity (Wildman–Crippen MR) is 66.5 cm³/mol. The molecule has 2 unspecified atom stereocenters. The highest BCUT2D eigenvalue weighted by molar-refractivity contribution is 5.85. The van der Waals surface area contributed by atoms with Crippen molar-refractivity contribution in [1.82, 2.24) is 10.6 Å². The molecule has 3 N–H and O–H groups in total. The average molecular weight is 258 g/mol. The smallest absolute Gasteiger partial charge is 0.329 e. The van der Waals surface area contributed by atoms with Crippen molar-refractivity contribution >= 4 is 12.0 Å². The molecule has 0 saturated carbocycles. The zero-order valence-corrected chi connectivity index (χ0v) is 11.2. The van der Waals surface area contributed by atoms with Gasteiger partial charge in [-0.3, -0.25) is 0 Å². The normalized spacial score (nSPS) is 26.4. The zero-order chi connectivity index (χ0) is 13.8. The molecule has 1 aliphatic heterocycles. The lowest BCUT2D eigenvalue weighted by Gasteiger charge is -2.27. The number of ether oxygens (including phenoxy) is 1. The molecule has 0 aromatic heterocycles. The Balaban J connectivity index is 2.44. The molecule has 0 spiro atoms. The van der Waals surface area contributed by atoms with E-state index in [9.17, 15) is 9.59 Å². The van der Waals surface area contributed by atoms with Gasteiger partial charge in [0.05, 0.1) is 5.60 Å². The summed E-state index contributed by atoms with van der Waals surface area (Å²) in [6.45, 7) is 6.24. The largest absolute Gasteiger partial charge is 0.480 e. The summed E-state index contributed by atoms with van der Waals surface area (Å²) >= 11 is 0. The Labute approximate surface area is 107 Å². The Bertz CT molecular complexity index is 326. The van der Waals surface area contributed by atoms with Crippen molar-refractivity contribution < 1.29 is 19.4 Å². The van der Waals surface area contributed by atoms with Gasteiger partial charge < -0.3 is 20.5 Å². The summed E-state index contributed by atoms with van der Waals surface area (Å²) in [5.74, 6) is -1.04. The predicted octanol–water partition coefficient (Wildman–Crippen LogP) is 1.11. The van der Waals surface area contributed by atoms with Crippen molar-refractivity contribution in [3.8, 4) is 0 Å². The van der Waals surface area contributed by atoms with Crippen LogP contribution >= 0.6 is 0 Å². The summed E-state index contributed by atoms with van der Waals surface area (Å²) in [6.07, 6.45) is 2.21. The second-order valence-corrected chi connectivity index (χ2v) is 5.20. The Morgan fingerprint density at radius 1 is 1.50 bits per heavy atom. The van der Waals surface area contributed by atoms with Crippen molar-refractivity contribution in [2.24, 2.45) is 0 Å². The van der Waals surface area contributed by atoms with Gasteiger partial charge in [0.1, 0.15) is 5.54 Å². The number of carboxylic acids is 1. The Kier molecular flexibility index (Phi) is 4.56. The number of nitrogens with one attached hydrogen (secondary N) is 2. The first-order valence-corrected chi connectivity index (χ1v) is 6.25. The van der Waals surface area contributed by atoms with Crippen molar-refractivity contribution in [2.45, 2.75) is 51.2 Å². The van der Waals surface area contributed by atoms with E-state index in [0.29, 0.717) is 19.6 Å². The second kappa shape index (κ2) is 5.56. The SMILES string of the molecule is CCC(C)(NC(=O)NCC1(C)CCCO1)C(=O)O. The first-order valence-electron chi connectivity index (χ1n) is 6.25. The summed E-state index contributed by atoms with van der Waals surface area (Å²) in [6, 6.07) is -0.474. The van der Waals surface area contributed by atoms with E-state index < -0.39 is 17.5 Å². The van der Waals surface area contributed by atoms with Gasteiger partial charge in [-0.15, -0.1) is 0 Å². The van der Waals surface area contributed by atoms with Gasteiger partial charge >= 0.3 is 12.0 Å². The summed E-state index contributed by atoms with van der Waals surface area (Å²) in [5, 5.41) is 14.2. The molecule has 0 radical (unpaired) electrons. The molecule has 1 rings (SSSR count). The minimum Gasteiger partial charge on any atom is -0.480 e. The molecule has 0 aromatic carbocycles. The van der Waals surface area contributed by atoms with E-state index in [2.05, 4.69) is 10.6 Å². The number of carbonyl (C=O) groups is 2. The molecule has 1 fully saturated rings. The van der Waals surface area contributed by atoms with Gasteiger partial charge in [-0.2, -0.15) is 0 Å². The van der Waals surface area contributed by atoms with Crippen LogP contribution in [0.15, 0.2) is 0 Å². The van der Waals surface area contributed by atoms with Gasteiger partial charge in [-0.05, 0) is 33.1 Å². The fraction of sp³-hybridized carbons (Fsp3) is 0.833. The Morgan fingerprint density at radius 3 is 2.61 bits per heavy atom. The van der Waals surface area contributed by atoms with E-state index >= 15 is 0 Å². The lowest BCUT2D eigenvalue weighted by atomic mass is 9.99. The summed E-state index contributed by atoms with van der Waals surface area (Å²) in [5.41, 5.74) is -1.56. The number of rotatable bonds is 5. The topological polar surface area (TPSA) is 87.7 Å². The van der Waals surface area contributed by atoms with Crippen LogP contribution in [-0.4, -0.2) is 41.4 Å². The molecular formula is C12H22N2O4. The van der Waals surface area contributed by atoms with Gasteiger partial charge in [0.25, 0.3) is 0 Å². The van der Waals surface area contributed by atoms with Crippen molar-refractivity contribution in [3.63, 3.8) is 0 Å². The lowest BCUT2D eigenvalue weighted by molar-refractivity contribution is -0.143. The van der Waals surface area contributed by atoms with Crippen LogP contribution < -0.4 is 10.6 Å². The summed E-state index contributed by atoms with van der Waals surface area (Å²) in [7, 11) is 0. The van der Waals surface area contributed by atoms with E-state index in [0.717, 1.165) is 12.8 Å². The third-order valence-electron chi connectivity index (χ3n) is 3.49. The standard InChI is InChI=1S/C12H22N2O4/c1-4-12(3,9(15)16)14-10(17)13-8-11(2)6-5-7-18-11/h4-8H2,1-3H3,(H,15,16)(H2,13,14,17). The molecule has 1 saturated heterocycles. The summed E-state index contributed by atoms with van der Waals surface area (Å²) < 4.78 is 5.54. The van der Waals surface area contributed by atoms with Crippen LogP contribution in [0.4, 0.5) is 4.79 Å². The van der Waals surface area contributed by atoms with Crippen LogP contribution in [0.1, 0.15) is 40.0 Å². The number of hydrogen-bond acceptors (Lipinski definition) is 3. The van der Waals surface area contributed by atoms with Crippen LogP contribution in [-0.2, 0) is 9.53 Å². The lowest BCUT2D eigenvalue weighted by Crippen LogP contribution is -2.56. The van der Waals surface area contributed by atoms with Gasteiger partial charge in [-0.1, -0.05) is 6.92 Å². The zero-order valence-electron chi connectivity index (χ0n) is 11.2. The number of carbonyl (C=O) groups excluding carboxylic acids is 1. The molecule has 104 valence electrons. The summed E-state index contributed by atoms with van der Waals surface area (Å²) in [4.78, 5) is 22.7. The number of hydrogen-bond donors (Lipinski definition) is 3. The van der Waals surface area contributed by atoms with Gasteiger partial charge in [-0.25, -0.2) is 9.59 Å². The van der Waals surface area contributed by atoms with Gasteiger partial charge in [0.15, 0.2) is 0 Å². The Hall–Kier alpha value is -1.30. The van der Waals surface area contributed by atoms with E-state index in [1.165, 1.54) is 6.92 Å². The molecular weight excluding hydrogens is 236 g/mol. The van der Waals surface area contributed by atoms with Crippen molar-refractivity contribution in [1.29, 1.82) is 0 Å². The maximum absolute atomic E-state index is 11.7. The number of carboxylic acid groups (broad SMARTS) is 1. The molecule has 1 heterocycles. The van der Waals surface area contributed by atoms with Crippen LogP contribution in [0.3, 0.4) is 0 Å². The van der Waals surface area contributed by atoms with Crippen LogP contribution in [0.5, 0.6) is 0 Å². The minimum absolute atomic E-state index is 0.323. The molecule has 18 heavy (non-hydrogen) atoms. The quantitative estimate of drug-likeness (QED) is 0.689. The van der Waals surface area contributed by atoms with E-state index in [1.807, 2.05) is 6.92 Å². The fourth-order valence-corrected chi connectivity index (χ4v) is 1.83. The molecule has 0 aliphatic carbocycles. The van der Waals surface area contributed by atoms with Gasteiger partial charge in [0, 0.05) is 13.2 Å². The third kappa shape index (κ3) is 3.60. The number of urea groups is 1. The maximum atomic E-state index is 11.7. The highest BCUT2D eigenvalue weighted by Gasteiger charge is 2.34. The molecule has 2 atom stereocenters. The number of amides is 2. The molecule has 0 bridgehead atoms. The average Bonchev–Trinajstić information content (AvgIpc) is 2.74. The molecule has 0 aromatic rings. The molecule has 6 heteroatoms. The highest BCUT2D eigenvalue weighted by Crippen LogP contribution is 2.23. The van der Waals surface area contributed by atoms with E-state index in [4.69, 9.17) is 9.84 Å². The Morgan fingerprint density at radius 2 is 2.17 bits per heavy atom.